The van der Waals surface area contributed by atoms with Gasteiger partial charge in [-0.3, -0.25) is 9.58 Å². The topological polar surface area (TPSA) is 81.5 Å². The van der Waals surface area contributed by atoms with Gasteiger partial charge in [0.1, 0.15) is 12.4 Å². The van der Waals surface area contributed by atoms with E-state index >= 15 is 0 Å². The van der Waals surface area contributed by atoms with Gasteiger partial charge < -0.3 is 14.8 Å². The molecule has 29 heavy (non-hydrogen) atoms. The zero-order valence-corrected chi connectivity index (χ0v) is 16.8. The summed E-state index contributed by atoms with van der Waals surface area (Å²) in [6.07, 6.45) is 1.43. The number of rotatable bonds is 7. The van der Waals surface area contributed by atoms with Gasteiger partial charge in [-0.05, 0) is 25.1 Å². The highest BCUT2D eigenvalue weighted by molar-refractivity contribution is 7.14. The van der Waals surface area contributed by atoms with Crippen molar-refractivity contribution in [3.05, 3.63) is 41.3 Å². The van der Waals surface area contributed by atoms with E-state index in [1.165, 1.54) is 22.3 Å². The van der Waals surface area contributed by atoms with Crippen molar-refractivity contribution in [3.8, 4) is 11.3 Å². The first kappa shape index (κ1) is 19.3. The molecule has 1 aliphatic heterocycles. The number of aromatic nitrogens is 3. The van der Waals surface area contributed by atoms with Gasteiger partial charge in [0.05, 0.1) is 42.5 Å². The number of carbonyl (C=O) groups is 1. The average Bonchev–Trinajstić information content (AvgIpc) is 3.41. The van der Waals surface area contributed by atoms with Gasteiger partial charge in [0.25, 0.3) is 0 Å². The molecule has 2 aromatic heterocycles. The van der Waals surface area contributed by atoms with Crippen molar-refractivity contribution < 1.29 is 18.7 Å². The fourth-order valence-corrected chi connectivity index (χ4v) is 3.74. The molecule has 0 bridgehead atoms. The summed E-state index contributed by atoms with van der Waals surface area (Å²) in [5.74, 6) is -0.442. The lowest BCUT2D eigenvalue weighted by molar-refractivity contribution is 0.181. The quantitative estimate of drug-likeness (QED) is 0.630. The third kappa shape index (κ3) is 4.08. The van der Waals surface area contributed by atoms with Crippen molar-refractivity contribution in [3.63, 3.8) is 0 Å². The second-order valence-electron chi connectivity index (χ2n) is 6.48. The SMILES string of the molecule is COCCn1cc(Nc2nc(-c3ccc(N4CCOC4=O)cc3F)cs2)c(C)n1. The number of methoxy groups -OCH3 is 1. The van der Waals surface area contributed by atoms with Crippen LogP contribution in [0.1, 0.15) is 5.69 Å². The lowest BCUT2D eigenvalue weighted by Crippen LogP contribution is -2.23. The number of anilines is 3. The van der Waals surface area contributed by atoms with E-state index < -0.39 is 11.9 Å². The Hall–Kier alpha value is -2.98. The Bertz CT molecular complexity index is 1030. The van der Waals surface area contributed by atoms with Crippen LogP contribution in [0.4, 0.5) is 25.7 Å². The number of aryl methyl sites for hydroxylation is 1. The van der Waals surface area contributed by atoms with Crippen LogP contribution in [0, 0.1) is 12.7 Å². The first-order valence-electron chi connectivity index (χ1n) is 9.05. The molecule has 4 rings (SSSR count). The van der Waals surface area contributed by atoms with Gasteiger partial charge in [0.2, 0.25) is 0 Å². The number of carbonyl (C=O) groups excluding carboxylic acids is 1. The Labute approximate surface area is 170 Å². The second kappa shape index (κ2) is 8.18. The highest BCUT2D eigenvalue weighted by atomic mass is 32.1. The van der Waals surface area contributed by atoms with E-state index in [0.29, 0.717) is 48.4 Å². The van der Waals surface area contributed by atoms with Crippen LogP contribution in [0.25, 0.3) is 11.3 Å². The van der Waals surface area contributed by atoms with Crippen LogP contribution < -0.4 is 10.2 Å². The van der Waals surface area contributed by atoms with E-state index in [1.807, 2.05) is 13.1 Å². The van der Waals surface area contributed by atoms with Gasteiger partial charge in [0, 0.05) is 24.3 Å². The Morgan fingerprint density at radius 1 is 1.41 bits per heavy atom. The molecule has 0 unspecified atom stereocenters. The smallest absolute Gasteiger partial charge is 0.414 e. The van der Waals surface area contributed by atoms with Gasteiger partial charge in [-0.15, -0.1) is 11.3 Å². The van der Waals surface area contributed by atoms with Crippen LogP contribution in [-0.4, -0.2) is 47.7 Å². The minimum Gasteiger partial charge on any atom is -0.447 e. The minimum absolute atomic E-state index is 0.310. The standard InChI is InChI=1S/C19H20FN5O3S/c1-12-16(10-24(23-12)5-7-27-2)21-18-22-17(11-29-18)14-4-3-13(9-15(14)20)25-6-8-28-19(25)26/h3-4,9-11H,5-8H2,1-2H3,(H,21,22). The highest BCUT2D eigenvalue weighted by Crippen LogP contribution is 2.31. The van der Waals surface area contributed by atoms with Gasteiger partial charge in [0.15, 0.2) is 5.13 Å². The molecule has 1 N–H and O–H groups in total. The molecule has 152 valence electrons. The van der Waals surface area contributed by atoms with Gasteiger partial charge in [-0.25, -0.2) is 14.2 Å². The van der Waals surface area contributed by atoms with E-state index in [9.17, 15) is 9.18 Å². The number of cyclic esters (lactones) is 1. The number of hydrogen-bond donors (Lipinski definition) is 1. The number of amides is 1. The number of nitrogens with one attached hydrogen (secondary N) is 1. The van der Waals surface area contributed by atoms with E-state index in [1.54, 1.807) is 29.3 Å². The average molecular weight is 417 g/mol. The first-order chi connectivity index (χ1) is 14.0. The summed E-state index contributed by atoms with van der Waals surface area (Å²) in [6, 6.07) is 4.66. The van der Waals surface area contributed by atoms with Crippen LogP contribution in [0.15, 0.2) is 29.8 Å². The number of hydrogen-bond acceptors (Lipinski definition) is 7. The van der Waals surface area contributed by atoms with Crippen molar-refractivity contribution in [2.45, 2.75) is 13.5 Å². The van der Waals surface area contributed by atoms with E-state index in [4.69, 9.17) is 9.47 Å². The third-order valence-electron chi connectivity index (χ3n) is 4.52. The Morgan fingerprint density at radius 3 is 3.00 bits per heavy atom. The highest BCUT2D eigenvalue weighted by Gasteiger charge is 2.24. The normalized spacial score (nSPS) is 13.8. The lowest BCUT2D eigenvalue weighted by atomic mass is 10.1. The molecule has 0 saturated carbocycles. The van der Waals surface area contributed by atoms with Gasteiger partial charge in [-0.1, -0.05) is 0 Å². The summed E-state index contributed by atoms with van der Waals surface area (Å²) < 4.78 is 26.4. The molecular formula is C19H20FN5O3S. The predicted molar refractivity (Wildman–Crippen MR) is 108 cm³/mol. The Morgan fingerprint density at radius 2 is 2.28 bits per heavy atom. The molecule has 0 spiro atoms. The molecule has 10 heteroatoms. The van der Waals surface area contributed by atoms with E-state index in [0.717, 1.165) is 11.4 Å². The zero-order valence-electron chi connectivity index (χ0n) is 16.0. The maximum absolute atomic E-state index is 14.7. The number of benzene rings is 1. The van der Waals surface area contributed by atoms with Crippen LogP contribution in [0.3, 0.4) is 0 Å². The molecule has 8 nitrogen and oxygen atoms in total. The number of halogens is 1. The minimum atomic E-state index is -0.460. The Balaban J connectivity index is 1.50. The van der Waals surface area contributed by atoms with Gasteiger partial charge >= 0.3 is 6.09 Å². The molecule has 3 heterocycles. The third-order valence-corrected chi connectivity index (χ3v) is 5.28. The van der Waals surface area contributed by atoms with Gasteiger partial charge in [-0.2, -0.15) is 5.10 Å². The van der Waals surface area contributed by atoms with Crippen molar-refractivity contribution in [2.75, 3.05) is 37.1 Å². The Kier molecular flexibility index (Phi) is 5.45. The number of nitrogens with zero attached hydrogens (tertiary/aromatic N) is 4. The summed E-state index contributed by atoms with van der Waals surface area (Å²) in [7, 11) is 1.65. The summed E-state index contributed by atoms with van der Waals surface area (Å²) in [5.41, 5.74) is 3.05. The predicted octanol–water partition coefficient (Wildman–Crippen LogP) is 3.80. The number of ether oxygens (including phenoxy) is 2. The van der Waals surface area contributed by atoms with E-state index in [2.05, 4.69) is 15.4 Å². The molecule has 1 saturated heterocycles. The molecule has 1 aromatic carbocycles. The molecule has 0 aliphatic carbocycles. The summed E-state index contributed by atoms with van der Waals surface area (Å²) >= 11 is 1.38. The molecular weight excluding hydrogens is 397 g/mol. The van der Waals surface area contributed by atoms with Crippen molar-refractivity contribution in [1.29, 1.82) is 0 Å². The summed E-state index contributed by atoms with van der Waals surface area (Å²) in [5, 5.41) is 10.1. The van der Waals surface area contributed by atoms with Crippen LogP contribution >= 0.6 is 11.3 Å². The monoisotopic (exact) mass is 417 g/mol. The zero-order chi connectivity index (χ0) is 20.4. The van der Waals surface area contributed by atoms with Crippen molar-refractivity contribution >= 4 is 33.9 Å². The fourth-order valence-electron chi connectivity index (χ4n) is 3.02. The van der Waals surface area contributed by atoms with Crippen LogP contribution in [-0.2, 0) is 16.0 Å². The van der Waals surface area contributed by atoms with Crippen molar-refractivity contribution in [1.82, 2.24) is 14.8 Å². The maximum atomic E-state index is 14.7. The maximum Gasteiger partial charge on any atom is 0.414 e. The summed E-state index contributed by atoms with van der Waals surface area (Å²) in [6.45, 7) is 3.86. The lowest BCUT2D eigenvalue weighted by Gasteiger charge is -2.13. The first-order valence-corrected chi connectivity index (χ1v) is 9.93. The molecule has 1 aliphatic rings. The van der Waals surface area contributed by atoms with Crippen LogP contribution in [0.2, 0.25) is 0 Å². The van der Waals surface area contributed by atoms with Crippen molar-refractivity contribution in [2.24, 2.45) is 0 Å². The summed E-state index contributed by atoms with van der Waals surface area (Å²) in [4.78, 5) is 17.6. The van der Waals surface area contributed by atoms with E-state index in [-0.39, 0.29) is 0 Å². The second-order valence-corrected chi connectivity index (χ2v) is 7.34. The molecule has 1 fully saturated rings. The molecule has 0 atom stereocenters. The van der Waals surface area contributed by atoms with Crippen LogP contribution in [0.5, 0.6) is 0 Å². The molecule has 0 radical (unpaired) electrons. The number of thiazole rings is 1. The largest absolute Gasteiger partial charge is 0.447 e. The molecule has 3 aromatic rings. The fraction of sp³-hybridized carbons (Fsp3) is 0.316. The molecule has 1 amide bonds.